The number of nitriles is 1. The molecule has 0 aliphatic heterocycles. The summed E-state index contributed by atoms with van der Waals surface area (Å²) in [6.07, 6.45) is 2.54. The van der Waals surface area contributed by atoms with Crippen molar-refractivity contribution in [2.45, 2.75) is 52.6 Å². The van der Waals surface area contributed by atoms with Crippen LogP contribution in [0.4, 0.5) is 5.69 Å². The van der Waals surface area contributed by atoms with Gasteiger partial charge in [0, 0.05) is 12.8 Å². The lowest BCUT2D eigenvalue weighted by molar-refractivity contribution is -0.136. The maximum atomic E-state index is 12.5. The van der Waals surface area contributed by atoms with Crippen molar-refractivity contribution >= 4 is 11.6 Å². The van der Waals surface area contributed by atoms with Gasteiger partial charge in [0.25, 0.3) is 5.91 Å². The van der Waals surface area contributed by atoms with Crippen molar-refractivity contribution in [1.29, 1.82) is 5.26 Å². The minimum Gasteiger partial charge on any atom is -0.492 e. The summed E-state index contributed by atoms with van der Waals surface area (Å²) in [6.45, 7) is 8.48. The molecule has 1 unspecified atom stereocenters. The van der Waals surface area contributed by atoms with Gasteiger partial charge in [0.1, 0.15) is 17.4 Å². The largest absolute Gasteiger partial charge is 0.492 e. The summed E-state index contributed by atoms with van der Waals surface area (Å²) in [5.74, 6) is 0.694. The number of amides is 1. The number of rotatable bonds is 9. The van der Waals surface area contributed by atoms with Crippen LogP contribution in [0.5, 0.6) is 5.75 Å². The number of hydrogen-bond donors (Lipinski definition) is 1. The van der Waals surface area contributed by atoms with Crippen LogP contribution in [-0.2, 0) is 9.53 Å². The van der Waals surface area contributed by atoms with Crippen molar-refractivity contribution in [1.82, 2.24) is 0 Å². The Balaban J connectivity index is 2.87. The van der Waals surface area contributed by atoms with Crippen LogP contribution in [0.1, 0.15) is 52.5 Å². The minimum absolute atomic E-state index is 0.210. The molecule has 0 fully saturated rings. The first-order valence-electron chi connectivity index (χ1n) is 8.39. The van der Waals surface area contributed by atoms with Gasteiger partial charge in [-0.05, 0) is 37.5 Å². The predicted octanol–water partition coefficient (Wildman–Crippen LogP) is 4.13. The summed E-state index contributed by atoms with van der Waals surface area (Å²) in [7, 11) is 1.54. The van der Waals surface area contributed by atoms with Crippen LogP contribution < -0.4 is 10.1 Å². The van der Waals surface area contributed by atoms with Crippen molar-refractivity contribution in [3.05, 3.63) is 23.8 Å². The molecule has 1 aromatic carbocycles. The van der Waals surface area contributed by atoms with E-state index in [1.165, 1.54) is 0 Å². The van der Waals surface area contributed by atoms with E-state index < -0.39 is 5.60 Å². The van der Waals surface area contributed by atoms with Gasteiger partial charge >= 0.3 is 0 Å². The Bertz CT molecular complexity index is 593. The summed E-state index contributed by atoms with van der Waals surface area (Å²) >= 11 is 0. The summed E-state index contributed by atoms with van der Waals surface area (Å²) in [4.78, 5) is 12.5. The molecule has 1 rings (SSSR count). The second kappa shape index (κ2) is 9.29. The first-order chi connectivity index (χ1) is 11.4. The van der Waals surface area contributed by atoms with Gasteiger partial charge in [-0.15, -0.1) is 0 Å². The third-order valence-corrected chi connectivity index (χ3v) is 3.87. The van der Waals surface area contributed by atoms with E-state index in [2.05, 4.69) is 18.3 Å². The Labute approximate surface area is 145 Å². The lowest BCUT2D eigenvalue weighted by Crippen LogP contribution is -2.41. The summed E-state index contributed by atoms with van der Waals surface area (Å²) in [5.41, 5.74) is 0.0877. The van der Waals surface area contributed by atoms with E-state index in [0.29, 0.717) is 35.9 Å². The van der Waals surface area contributed by atoms with Crippen LogP contribution >= 0.6 is 0 Å². The van der Waals surface area contributed by atoms with Crippen molar-refractivity contribution in [3.63, 3.8) is 0 Å². The first kappa shape index (κ1) is 20.0. The van der Waals surface area contributed by atoms with Gasteiger partial charge in [-0.2, -0.15) is 5.26 Å². The number of carbonyl (C=O) groups excluding carboxylic acids is 1. The van der Waals surface area contributed by atoms with Crippen LogP contribution in [0.3, 0.4) is 0 Å². The molecule has 0 aliphatic carbocycles. The van der Waals surface area contributed by atoms with Crippen molar-refractivity contribution in [2.24, 2.45) is 5.92 Å². The van der Waals surface area contributed by atoms with Gasteiger partial charge in [0.15, 0.2) is 0 Å². The highest BCUT2D eigenvalue weighted by molar-refractivity contribution is 5.97. The maximum Gasteiger partial charge on any atom is 0.256 e. The highest BCUT2D eigenvalue weighted by Crippen LogP contribution is 2.25. The zero-order valence-electron chi connectivity index (χ0n) is 15.3. The van der Waals surface area contributed by atoms with Gasteiger partial charge < -0.3 is 14.8 Å². The number of ether oxygens (including phenoxy) is 2. The molecule has 1 amide bonds. The molecule has 0 saturated heterocycles. The number of nitrogens with one attached hydrogen (secondary N) is 1. The molecule has 5 nitrogen and oxygen atoms in total. The van der Waals surface area contributed by atoms with E-state index in [1.54, 1.807) is 32.2 Å². The molecule has 132 valence electrons. The zero-order chi connectivity index (χ0) is 18.2. The SMILES string of the molecule is CCCCC(C)(OC)C(=O)Nc1ccc(OCC(C)C)c(C#N)c1. The van der Waals surface area contributed by atoms with E-state index in [0.717, 1.165) is 12.8 Å². The van der Waals surface area contributed by atoms with Gasteiger partial charge in [-0.25, -0.2) is 0 Å². The molecule has 1 N–H and O–H groups in total. The van der Waals surface area contributed by atoms with Crippen LogP contribution in [-0.4, -0.2) is 25.2 Å². The van der Waals surface area contributed by atoms with Crippen molar-refractivity contribution in [3.8, 4) is 11.8 Å². The molecule has 1 atom stereocenters. The fourth-order valence-electron chi connectivity index (χ4n) is 2.16. The van der Waals surface area contributed by atoms with E-state index in [-0.39, 0.29) is 5.91 Å². The van der Waals surface area contributed by atoms with E-state index >= 15 is 0 Å². The van der Waals surface area contributed by atoms with Crippen LogP contribution in [0.2, 0.25) is 0 Å². The topological polar surface area (TPSA) is 71.3 Å². The number of hydrogen-bond acceptors (Lipinski definition) is 4. The van der Waals surface area contributed by atoms with Crippen LogP contribution in [0.25, 0.3) is 0 Å². The molecular weight excluding hydrogens is 304 g/mol. The van der Waals surface area contributed by atoms with Crippen LogP contribution in [0, 0.1) is 17.2 Å². The Hall–Kier alpha value is -2.06. The highest BCUT2D eigenvalue weighted by Gasteiger charge is 2.32. The zero-order valence-corrected chi connectivity index (χ0v) is 15.3. The van der Waals surface area contributed by atoms with E-state index in [9.17, 15) is 10.1 Å². The smallest absolute Gasteiger partial charge is 0.256 e. The molecule has 0 radical (unpaired) electrons. The number of methoxy groups -OCH3 is 1. The monoisotopic (exact) mass is 332 g/mol. The van der Waals surface area contributed by atoms with Crippen LogP contribution in [0.15, 0.2) is 18.2 Å². The summed E-state index contributed by atoms with van der Waals surface area (Å²) < 4.78 is 11.0. The average molecular weight is 332 g/mol. The molecular formula is C19H28N2O3. The minimum atomic E-state index is -0.879. The van der Waals surface area contributed by atoms with Crippen molar-refractivity contribution in [2.75, 3.05) is 19.0 Å². The van der Waals surface area contributed by atoms with Gasteiger partial charge in [-0.1, -0.05) is 33.6 Å². The van der Waals surface area contributed by atoms with Gasteiger partial charge in [0.05, 0.1) is 12.2 Å². The molecule has 0 heterocycles. The molecule has 0 aliphatic rings. The first-order valence-corrected chi connectivity index (χ1v) is 8.39. The van der Waals surface area contributed by atoms with E-state index in [1.807, 2.05) is 13.8 Å². The number of unbranched alkanes of at least 4 members (excludes halogenated alkanes) is 1. The molecule has 0 bridgehead atoms. The van der Waals surface area contributed by atoms with Gasteiger partial charge in [0.2, 0.25) is 0 Å². The molecule has 24 heavy (non-hydrogen) atoms. The maximum absolute atomic E-state index is 12.5. The summed E-state index contributed by atoms with van der Waals surface area (Å²) in [5, 5.41) is 12.1. The number of benzene rings is 1. The van der Waals surface area contributed by atoms with E-state index in [4.69, 9.17) is 9.47 Å². The number of carbonyl (C=O) groups is 1. The molecule has 0 saturated carbocycles. The lowest BCUT2D eigenvalue weighted by atomic mass is 9.97. The van der Waals surface area contributed by atoms with Gasteiger partial charge in [-0.3, -0.25) is 4.79 Å². The molecule has 5 heteroatoms. The average Bonchev–Trinajstić information content (AvgIpc) is 2.58. The number of nitrogens with zero attached hydrogens (tertiary/aromatic N) is 1. The molecule has 0 aromatic heterocycles. The fraction of sp³-hybridized carbons (Fsp3) is 0.579. The third kappa shape index (κ3) is 5.54. The fourth-order valence-corrected chi connectivity index (χ4v) is 2.16. The standard InChI is InChI=1S/C19H28N2O3/c1-6-7-10-19(4,23-5)18(22)21-16-8-9-17(15(11-16)12-20)24-13-14(2)3/h8-9,11,14H,6-7,10,13H2,1-5H3,(H,21,22). The quantitative estimate of drug-likeness (QED) is 0.738. The Morgan fingerprint density at radius 1 is 1.42 bits per heavy atom. The molecule has 1 aromatic rings. The Kier molecular flexibility index (Phi) is 7.73. The number of anilines is 1. The normalized spacial score (nSPS) is 13.2. The Morgan fingerprint density at radius 2 is 2.12 bits per heavy atom. The van der Waals surface area contributed by atoms with Crippen molar-refractivity contribution < 1.29 is 14.3 Å². The Morgan fingerprint density at radius 3 is 2.67 bits per heavy atom. The highest BCUT2D eigenvalue weighted by atomic mass is 16.5. The second-order valence-corrected chi connectivity index (χ2v) is 6.52. The molecule has 0 spiro atoms. The second-order valence-electron chi connectivity index (χ2n) is 6.52. The summed E-state index contributed by atoms with van der Waals surface area (Å²) in [6, 6.07) is 7.20. The third-order valence-electron chi connectivity index (χ3n) is 3.87. The predicted molar refractivity (Wildman–Crippen MR) is 95.1 cm³/mol. The lowest BCUT2D eigenvalue weighted by Gasteiger charge is -2.26.